The lowest BCUT2D eigenvalue weighted by atomic mass is 9.77. The van der Waals surface area contributed by atoms with Crippen molar-refractivity contribution < 1.29 is 0 Å². The zero-order valence-electron chi connectivity index (χ0n) is 15.3. The molecule has 2 aliphatic rings. The van der Waals surface area contributed by atoms with Crippen LogP contribution in [-0.4, -0.2) is 15.7 Å². The second-order valence-corrected chi connectivity index (χ2v) is 10.00. The van der Waals surface area contributed by atoms with E-state index in [1.54, 1.807) is 9.76 Å². The van der Waals surface area contributed by atoms with Crippen LogP contribution in [0.1, 0.15) is 88.2 Å². The topological polar surface area (TPSA) is 0 Å². The molecule has 0 atom stereocenters. The Bertz CT molecular complexity index is 509. The molecule has 0 bridgehead atoms. The first-order valence-corrected chi connectivity index (χ1v) is 12.1. The van der Waals surface area contributed by atoms with Gasteiger partial charge in [-0.05, 0) is 55.2 Å². The van der Waals surface area contributed by atoms with Gasteiger partial charge in [0, 0.05) is 17.7 Å². The van der Waals surface area contributed by atoms with Gasteiger partial charge in [-0.2, -0.15) is 0 Å². The largest absolute Gasteiger partial charge is 0.265 e. The Morgan fingerprint density at radius 1 is 1.00 bits per heavy atom. The first-order valence-electron chi connectivity index (χ1n) is 10.1. The van der Waals surface area contributed by atoms with Crippen LogP contribution in [0.5, 0.6) is 0 Å². The predicted octanol–water partition coefficient (Wildman–Crippen LogP) is 6.63. The van der Waals surface area contributed by atoms with Crippen molar-refractivity contribution in [2.24, 2.45) is 5.92 Å². The van der Waals surface area contributed by atoms with E-state index in [9.17, 15) is 0 Å². The Hall–Kier alpha value is -0.340. The zero-order chi connectivity index (χ0) is 16.6. The first-order chi connectivity index (χ1) is 11.9. The number of hydrogen-bond donors (Lipinski definition) is 0. The van der Waals surface area contributed by atoms with Gasteiger partial charge in [-0.25, -0.2) is 0 Å². The lowest BCUT2D eigenvalue weighted by Gasteiger charge is -2.29. The highest BCUT2D eigenvalue weighted by Crippen LogP contribution is 2.38. The molecule has 2 heteroatoms. The van der Waals surface area contributed by atoms with Crippen LogP contribution in [-0.2, 0) is 11.4 Å². The van der Waals surface area contributed by atoms with E-state index >= 15 is 0 Å². The van der Waals surface area contributed by atoms with E-state index in [1.807, 2.05) is 23.1 Å². The maximum Gasteiger partial charge on any atom is 0.265 e. The Morgan fingerprint density at radius 2 is 1.79 bits per heavy atom. The monoisotopic (exact) mass is 361 g/mol. The summed E-state index contributed by atoms with van der Waals surface area (Å²) in [6.07, 6.45) is 14.3. The summed E-state index contributed by atoms with van der Waals surface area (Å²) in [7, 11) is 0. The SMILES string of the molecule is CCCCCCC1CCC(c2ccc(C3=[S+]CCCS3)cc2)CC1. The van der Waals surface area contributed by atoms with Crippen LogP contribution in [0.25, 0.3) is 0 Å². The number of unbranched alkanes of at least 4 members (excludes halogenated alkanes) is 3. The molecule has 24 heavy (non-hydrogen) atoms. The molecule has 132 valence electrons. The van der Waals surface area contributed by atoms with Gasteiger partial charge in [-0.1, -0.05) is 62.9 Å². The lowest BCUT2D eigenvalue weighted by Crippen LogP contribution is -2.13. The number of hydrogen-bond acceptors (Lipinski definition) is 1. The third kappa shape index (κ3) is 5.33. The van der Waals surface area contributed by atoms with Crippen LogP contribution < -0.4 is 0 Å². The molecule has 0 aromatic heterocycles. The van der Waals surface area contributed by atoms with Gasteiger partial charge in [-0.3, -0.25) is 0 Å². The zero-order valence-corrected chi connectivity index (χ0v) is 16.9. The molecular formula is C22H33S2+. The molecule has 1 fully saturated rings. The van der Waals surface area contributed by atoms with Gasteiger partial charge in [0.15, 0.2) is 17.1 Å². The number of benzene rings is 1. The summed E-state index contributed by atoms with van der Waals surface area (Å²) in [5.74, 6) is 4.43. The fourth-order valence-corrected chi connectivity index (χ4v) is 6.70. The van der Waals surface area contributed by atoms with Crippen LogP contribution in [0.15, 0.2) is 24.3 Å². The summed E-state index contributed by atoms with van der Waals surface area (Å²) in [5, 5.41) is 0. The smallest absolute Gasteiger partial charge is 0.0654 e. The van der Waals surface area contributed by atoms with E-state index in [-0.39, 0.29) is 0 Å². The van der Waals surface area contributed by atoms with Crippen molar-refractivity contribution in [3.8, 4) is 0 Å². The summed E-state index contributed by atoms with van der Waals surface area (Å²) in [5.41, 5.74) is 3.05. The third-order valence-electron chi connectivity index (χ3n) is 5.69. The first kappa shape index (κ1) is 18.5. The molecular weight excluding hydrogens is 328 g/mol. The lowest BCUT2D eigenvalue weighted by molar-refractivity contribution is 0.302. The maximum atomic E-state index is 2.42. The molecule has 0 N–H and O–H groups in total. The van der Waals surface area contributed by atoms with Crippen LogP contribution >= 0.6 is 11.8 Å². The molecule has 0 radical (unpaired) electrons. The Balaban J connectivity index is 1.47. The normalized spacial score (nSPS) is 24.6. The standard InChI is InChI=1S/C22H33S2/c1-2-3-4-5-7-18-8-10-19(11-9-18)20-12-14-21(15-13-20)22-23-16-6-17-24-22/h12-15,18-19H,2-11,16-17H2,1H3/q+1. The average Bonchev–Trinajstić information content (AvgIpc) is 2.67. The highest BCUT2D eigenvalue weighted by Gasteiger charge is 2.23. The second-order valence-electron chi connectivity index (χ2n) is 7.53. The Morgan fingerprint density at radius 3 is 2.46 bits per heavy atom. The molecule has 1 aromatic carbocycles. The third-order valence-corrected chi connectivity index (χ3v) is 8.37. The minimum Gasteiger partial charge on any atom is -0.0654 e. The highest BCUT2D eigenvalue weighted by atomic mass is 32.2. The van der Waals surface area contributed by atoms with Gasteiger partial charge < -0.3 is 0 Å². The second kappa shape index (κ2) is 9.97. The van der Waals surface area contributed by atoms with Crippen LogP contribution in [0, 0.1) is 5.92 Å². The molecule has 1 aromatic rings. The van der Waals surface area contributed by atoms with Crippen molar-refractivity contribution in [3.05, 3.63) is 35.4 Å². The summed E-state index contributed by atoms with van der Waals surface area (Å²) < 4.78 is 1.54. The number of thioether (sulfide) groups is 1. The van der Waals surface area contributed by atoms with Crippen molar-refractivity contribution in [1.29, 1.82) is 0 Å². The molecule has 3 rings (SSSR count). The van der Waals surface area contributed by atoms with Crippen molar-refractivity contribution in [1.82, 2.24) is 0 Å². The minimum atomic E-state index is 0.822. The highest BCUT2D eigenvalue weighted by molar-refractivity contribution is 8.23. The van der Waals surface area contributed by atoms with E-state index in [0.29, 0.717) is 0 Å². The summed E-state index contributed by atoms with van der Waals surface area (Å²) in [6, 6.07) is 9.61. The average molecular weight is 362 g/mol. The van der Waals surface area contributed by atoms with Crippen LogP contribution in [0.3, 0.4) is 0 Å². The summed E-state index contributed by atoms with van der Waals surface area (Å²) in [6.45, 7) is 2.31. The van der Waals surface area contributed by atoms with E-state index < -0.39 is 0 Å². The van der Waals surface area contributed by atoms with Crippen LogP contribution in [0.4, 0.5) is 0 Å². The Kier molecular flexibility index (Phi) is 7.66. The number of rotatable bonds is 7. The van der Waals surface area contributed by atoms with E-state index in [0.717, 1.165) is 11.8 Å². The predicted molar refractivity (Wildman–Crippen MR) is 113 cm³/mol. The van der Waals surface area contributed by atoms with Crippen molar-refractivity contribution in [2.45, 2.75) is 77.0 Å². The van der Waals surface area contributed by atoms with Crippen molar-refractivity contribution in [3.63, 3.8) is 0 Å². The molecule has 0 unspecified atom stereocenters. The van der Waals surface area contributed by atoms with Gasteiger partial charge in [0.1, 0.15) is 0 Å². The van der Waals surface area contributed by atoms with E-state index in [2.05, 4.69) is 31.2 Å². The fraction of sp³-hybridized carbons (Fsp3) is 0.682. The minimum absolute atomic E-state index is 0.822. The van der Waals surface area contributed by atoms with Gasteiger partial charge in [0.2, 0.25) is 0 Å². The quantitative estimate of drug-likeness (QED) is 0.298. The van der Waals surface area contributed by atoms with Crippen LogP contribution in [0.2, 0.25) is 0 Å². The van der Waals surface area contributed by atoms with Crippen molar-refractivity contribution in [2.75, 3.05) is 11.5 Å². The molecule has 1 aliphatic carbocycles. The molecule has 1 saturated carbocycles. The van der Waals surface area contributed by atoms with Crippen molar-refractivity contribution >= 4 is 27.3 Å². The maximum absolute atomic E-state index is 2.42. The molecule has 0 spiro atoms. The van der Waals surface area contributed by atoms with Gasteiger partial charge in [-0.15, -0.1) is 0 Å². The molecule has 0 nitrogen and oxygen atoms in total. The van der Waals surface area contributed by atoms with E-state index in [4.69, 9.17) is 0 Å². The summed E-state index contributed by atoms with van der Waals surface area (Å²) >= 11 is 4.10. The molecule has 1 heterocycles. The molecule has 0 saturated heterocycles. The molecule has 0 amide bonds. The molecule has 1 aliphatic heterocycles. The van der Waals surface area contributed by atoms with Gasteiger partial charge in [0.05, 0.1) is 0 Å². The van der Waals surface area contributed by atoms with E-state index in [1.165, 1.54) is 81.3 Å². The Labute approximate surface area is 157 Å². The van der Waals surface area contributed by atoms with Gasteiger partial charge in [0.25, 0.3) is 4.20 Å². The fourth-order valence-electron chi connectivity index (χ4n) is 4.13. The van der Waals surface area contributed by atoms with Gasteiger partial charge >= 0.3 is 0 Å². The summed E-state index contributed by atoms with van der Waals surface area (Å²) in [4.78, 5) is 0.